The van der Waals surface area contributed by atoms with Gasteiger partial charge in [-0.2, -0.15) is 0 Å². The molecule has 1 unspecified atom stereocenters. The highest BCUT2D eigenvalue weighted by atomic mass is 16.3. The van der Waals surface area contributed by atoms with Crippen molar-refractivity contribution in [3.05, 3.63) is 36.0 Å². The summed E-state index contributed by atoms with van der Waals surface area (Å²) in [4.78, 5) is 14.5. The quantitative estimate of drug-likeness (QED) is 0.910. The molecule has 2 aromatic rings. The highest BCUT2D eigenvalue weighted by Gasteiger charge is 2.26. The molecule has 0 bridgehead atoms. The lowest BCUT2D eigenvalue weighted by Gasteiger charge is -2.34. The Bertz CT molecular complexity index is 632. The van der Waals surface area contributed by atoms with Crippen molar-refractivity contribution in [3.8, 4) is 0 Å². The molecule has 1 aliphatic heterocycles. The monoisotopic (exact) mass is 272 g/mol. The van der Waals surface area contributed by atoms with Gasteiger partial charge in [0.05, 0.1) is 12.6 Å². The Morgan fingerprint density at radius 2 is 2.20 bits per heavy atom. The summed E-state index contributed by atoms with van der Waals surface area (Å²) in [5.41, 5.74) is 1.77. The molecule has 0 radical (unpaired) electrons. The Hall–Kier alpha value is -1.81. The first kappa shape index (κ1) is 13.2. The van der Waals surface area contributed by atoms with Crippen LogP contribution in [0.15, 0.2) is 30.5 Å². The lowest BCUT2D eigenvalue weighted by molar-refractivity contribution is 0.0503. The van der Waals surface area contributed by atoms with Gasteiger partial charge >= 0.3 is 0 Å². The Labute approximate surface area is 118 Å². The molecule has 1 aromatic carbocycles. The lowest BCUT2D eigenvalue weighted by atomic mass is 10.0. The number of carbonyl (C=O) groups is 1. The van der Waals surface area contributed by atoms with Gasteiger partial charge in [0.15, 0.2) is 0 Å². The van der Waals surface area contributed by atoms with Gasteiger partial charge in [-0.05, 0) is 42.8 Å². The summed E-state index contributed by atoms with van der Waals surface area (Å²) >= 11 is 0. The first-order valence-corrected chi connectivity index (χ1v) is 7.17. The number of amides is 1. The van der Waals surface area contributed by atoms with Crippen LogP contribution in [0, 0.1) is 0 Å². The summed E-state index contributed by atoms with van der Waals surface area (Å²) in [7, 11) is 1.98. The minimum absolute atomic E-state index is 0.0274. The highest BCUT2D eigenvalue weighted by Crippen LogP contribution is 2.22. The molecule has 3 rings (SSSR count). The fraction of sp³-hybridized carbons (Fsp3) is 0.438. The SMILES string of the molecule is Cn1ccc2ccc(C(=O)N3CCCCC3CO)cc21. The second-order valence-electron chi connectivity index (χ2n) is 5.53. The van der Waals surface area contributed by atoms with Crippen molar-refractivity contribution in [1.82, 2.24) is 9.47 Å². The third-order valence-corrected chi connectivity index (χ3v) is 4.23. The van der Waals surface area contributed by atoms with E-state index in [1.54, 1.807) is 0 Å². The van der Waals surface area contributed by atoms with Gasteiger partial charge in [-0.3, -0.25) is 4.79 Å². The number of rotatable bonds is 2. The first-order valence-electron chi connectivity index (χ1n) is 7.17. The number of hydrogen-bond acceptors (Lipinski definition) is 2. The van der Waals surface area contributed by atoms with E-state index < -0.39 is 0 Å². The number of piperidine rings is 1. The normalized spacial score (nSPS) is 19.5. The predicted octanol–water partition coefficient (Wildman–Crippen LogP) is 2.17. The van der Waals surface area contributed by atoms with Crippen molar-refractivity contribution in [2.75, 3.05) is 13.2 Å². The van der Waals surface area contributed by atoms with E-state index in [4.69, 9.17) is 0 Å². The third kappa shape index (κ3) is 2.20. The summed E-state index contributed by atoms with van der Waals surface area (Å²) < 4.78 is 2.02. The molecule has 20 heavy (non-hydrogen) atoms. The average Bonchev–Trinajstić information content (AvgIpc) is 2.87. The summed E-state index contributed by atoms with van der Waals surface area (Å²) in [5.74, 6) is 0.0341. The van der Waals surface area contributed by atoms with Crippen molar-refractivity contribution >= 4 is 16.8 Å². The third-order valence-electron chi connectivity index (χ3n) is 4.23. The van der Waals surface area contributed by atoms with Gasteiger partial charge in [0.2, 0.25) is 0 Å². The number of hydrogen-bond donors (Lipinski definition) is 1. The van der Waals surface area contributed by atoms with Crippen molar-refractivity contribution in [2.45, 2.75) is 25.3 Å². The average molecular weight is 272 g/mol. The second-order valence-corrected chi connectivity index (χ2v) is 5.53. The van der Waals surface area contributed by atoms with Gasteiger partial charge in [-0.1, -0.05) is 6.07 Å². The fourth-order valence-corrected chi connectivity index (χ4v) is 3.02. The Morgan fingerprint density at radius 1 is 1.35 bits per heavy atom. The largest absolute Gasteiger partial charge is 0.394 e. The minimum atomic E-state index is -0.0274. The maximum atomic E-state index is 12.7. The molecule has 1 saturated heterocycles. The molecule has 0 aliphatic carbocycles. The van der Waals surface area contributed by atoms with E-state index in [0.717, 1.165) is 36.7 Å². The van der Waals surface area contributed by atoms with Gasteiger partial charge in [0.25, 0.3) is 5.91 Å². The molecule has 1 atom stereocenters. The molecule has 2 heterocycles. The number of carbonyl (C=O) groups excluding carboxylic acids is 1. The molecular formula is C16H20N2O2. The molecule has 1 aliphatic rings. The van der Waals surface area contributed by atoms with Crippen LogP contribution in [0.1, 0.15) is 29.6 Å². The molecule has 4 nitrogen and oxygen atoms in total. The van der Waals surface area contributed by atoms with Gasteiger partial charge in [0.1, 0.15) is 0 Å². The molecule has 106 valence electrons. The molecule has 1 N–H and O–H groups in total. The molecule has 1 amide bonds. The number of likely N-dealkylation sites (tertiary alicyclic amines) is 1. The van der Waals surface area contributed by atoms with Crippen LogP contribution in [0.2, 0.25) is 0 Å². The van der Waals surface area contributed by atoms with Gasteiger partial charge < -0.3 is 14.6 Å². The molecule has 4 heteroatoms. The highest BCUT2D eigenvalue weighted by molar-refractivity contribution is 5.98. The van der Waals surface area contributed by atoms with Crippen LogP contribution in [-0.2, 0) is 7.05 Å². The molecular weight excluding hydrogens is 252 g/mol. The van der Waals surface area contributed by atoms with E-state index in [-0.39, 0.29) is 18.6 Å². The number of benzene rings is 1. The maximum Gasteiger partial charge on any atom is 0.254 e. The number of nitrogens with zero attached hydrogens (tertiary/aromatic N) is 2. The first-order chi connectivity index (χ1) is 9.70. The van der Waals surface area contributed by atoms with E-state index in [2.05, 4.69) is 0 Å². The maximum absolute atomic E-state index is 12.7. The Balaban J connectivity index is 1.92. The smallest absolute Gasteiger partial charge is 0.254 e. The molecule has 0 spiro atoms. The number of aliphatic hydroxyl groups excluding tert-OH is 1. The number of aliphatic hydroxyl groups is 1. The minimum Gasteiger partial charge on any atom is -0.394 e. The second kappa shape index (κ2) is 5.29. The van der Waals surface area contributed by atoms with Crippen LogP contribution >= 0.6 is 0 Å². The van der Waals surface area contributed by atoms with Crippen molar-refractivity contribution in [2.24, 2.45) is 7.05 Å². The molecule has 1 fully saturated rings. The van der Waals surface area contributed by atoms with Crippen LogP contribution in [0.3, 0.4) is 0 Å². The van der Waals surface area contributed by atoms with Crippen LogP contribution in [0.25, 0.3) is 10.9 Å². The number of fused-ring (bicyclic) bond motifs is 1. The number of aromatic nitrogens is 1. The van der Waals surface area contributed by atoms with E-state index >= 15 is 0 Å². The van der Waals surface area contributed by atoms with E-state index in [0.29, 0.717) is 5.56 Å². The van der Waals surface area contributed by atoms with E-state index in [9.17, 15) is 9.90 Å². The Kier molecular flexibility index (Phi) is 3.49. The van der Waals surface area contributed by atoms with Crippen molar-refractivity contribution in [3.63, 3.8) is 0 Å². The zero-order chi connectivity index (χ0) is 14.1. The standard InChI is InChI=1S/C16H20N2O2/c1-17-9-7-12-5-6-13(10-15(12)17)16(20)18-8-3-2-4-14(18)11-19/h5-7,9-10,14,19H,2-4,8,11H2,1H3. The van der Waals surface area contributed by atoms with Gasteiger partial charge in [0, 0.05) is 30.9 Å². The topological polar surface area (TPSA) is 45.5 Å². The predicted molar refractivity (Wildman–Crippen MR) is 78.7 cm³/mol. The summed E-state index contributed by atoms with van der Waals surface area (Å²) in [5, 5.41) is 10.6. The summed E-state index contributed by atoms with van der Waals surface area (Å²) in [6.45, 7) is 0.799. The zero-order valence-electron chi connectivity index (χ0n) is 11.7. The molecule has 1 aromatic heterocycles. The van der Waals surface area contributed by atoms with Gasteiger partial charge in [-0.25, -0.2) is 0 Å². The van der Waals surface area contributed by atoms with Crippen LogP contribution < -0.4 is 0 Å². The number of aryl methyl sites for hydroxylation is 1. The summed E-state index contributed by atoms with van der Waals surface area (Å²) in [6.07, 6.45) is 5.01. The Morgan fingerprint density at radius 3 is 3.00 bits per heavy atom. The van der Waals surface area contributed by atoms with Crippen molar-refractivity contribution < 1.29 is 9.90 Å². The zero-order valence-corrected chi connectivity index (χ0v) is 11.7. The van der Waals surface area contributed by atoms with Gasteiger partial charge in [-0.15, -0.1) is 0 Å². The van der Waals surface area contributed by atoms with Crippen LogP contribution in [-0.4, -0.2) is 39.7 Å². The van der Waals surface area contributed by atoms with E-state index in [1.807, 2.05) is 47.0 Å². The van der Waals surface area contributed by atoms with Crippen LogP contribution in [0.4, 0.5) is 0 Å². The lowest BCUT2D eigenvalue weighted by Crippen LogP contribution is -2.45. The van der Waals surface area contributed by atoms with E-state index in [1.165, 1.54) is 0 Å². The molecule has 0 saturated carbocycles. The summed E-state index contributed by atoms with van der Waals surface area (Å²) in [6, 6.07) is 7.83. The fourth-order valence-electron chi connectivity index (χ4n) is 3.02. The van der Waals surface area contributed by atoms with Crippen LogP contribution in [0.5, 0.6) is 0 Å². The van der Waals surface area contributed by atoms with Crippen molar-refractivity contribution in [1.29, 1.82) is 0 Å².